The molecule has 1 saturated heterocycles. The summed E-state index contributed by atoms with van der Waals surface area (Å²) in [5.74, 6) is 0.732. The van der Waals surface area contributed by atoms with Gasteiger partial charge in [-0.25, -0.2) is 0 Å². The molecule has 0 spiro atoms. The minimum Gasteiger partial charge on any atom is -0.323 e. The molecule has 2 rings (SSSR count). The number of carbonyl (C=O) groups excluding carboxylic acids is 1. The van der Waals surface area contributed by atoms with Crippen molar-refractivity contribution in [1.29, 1.82) is 0 Å². The van der Waals surface area contributed by atoms with E-state index in [1.54, 1.807) is 0 Å². The Bertz CT molecular complexity index is 341. The number of amides is 1. The topological polar surface area (TPSA) is 32.3 Å². The van der Waals surface area contributed by atoms with Gasteiger partial charge in [-0.2, -0.15) is 0 Å². The maximum atomic E-state index is 12.8. The summed E-state index contributed by atoms with van der Waals surface area (Å²) < 4.78 is 0. The Kier molecular flexibility index (Phi) is 4.78. The zero-order chi connectivity index (χ0) is 14.9. The minimum absolute atomic E-state index is 0.0292. The second-order valence-electron chi connectivity index (χ2n) is 7.83. The molecule has 1 amide bonds. The predicted molar refractivity (Wildman–Crippen MR) is 83.3 cm³/mol. The molecule has 2 aliphatic rings. The molecule has 3 heteroatoms. The van der Waals surface area contributed by atoms with Crippen molar-refractivity contribution in [2.75, 3.05) is 0 Å². The number of nitrogens with zero attached hydrogens (tertiary/aromatic N) is 1. The van der Waals surface area contributed by atoms with Crippen LogP contribution in [-0.4, -0.2) is 29.1 Å². The Hall–Kier alpha value is -0.570. The molecule has 116 valence electrons. The zero-order valence-electron chi connectivity index (χ0n) is 13.9. The summed E-state index contributed by atoms with van der Waals surface area (Å²) in [5, 5.41) is 3.59. The van der Waals surface area contributed by atoms with Crippen LogP contribution in [0.2, 0.25) is 0 Å². The quantitative estimate of drug-likeness (QED) is 0.854. The van der Waals surface area contributed by atoms with Crippen LogP contribution in [0.3, 0.4) is 0 Å². The fraction of sp³-hybridized carbons (Fsp3) is 0.941. The van der Waals surface area contributed by atoms with Gasteiger partial charge in [0.05, 0.1) is 12.2 Å². The summed E-state index contributed by atoms with van der Waals surface area (Å²) in [6.07, 6.45) is 7.31. The van der Waals surface area contributed by atoms with Crippen molar-refractivity contribution in [3.05, 3.63) is 0 Å². The van der Waals surface area contributed by atoms with Crippen LogP contribution in [-0.2, 0) is 4.79 Å². The van der Waals surface area contributed by atoms with E-state index in [1.807, 2.05) is 0 Å². The number of hydrogen-bond donors (Lipinski definition) is 1. The first-order valence-electron chi connectivity index (χ1n) is 8.44. The maximum absolute atomic E-state index is 12.8. The number of rotatable bonds is 4. The Morgan fingerprint density at radius 2 is 1.90 bits per heavy atom. The molecular weight excluding hydrogens is 248 g/mol. The highest BCUT2D eigenvalue weighted by Crippen LogP contribution is 2.38. The van der Waals surface area contributed by atoms with Crippen molar-refractivity contribution in [3.8, 4) is 0 Å². The molecule has 1 heterocycles. The van der Waals surface area contributed by atoms with Gasteiger partial charge in [-0.05, 0) is 43.4 Å². The molecule has 0 aromatic carbocycles. The Morgan fingerprint density at radius 1 is 1.30 bits per heavy atom. The first-order chi connectivity index (χ1) is 9.35. The maximum Gasteiger partial charge on any atom is 0.241 e. The van der Waals surface area contributed by atoms with Crippen LogP contribution in [0.5, 0.6) is 0 Å². The van der Waals surface area contributed by atoms with Gasteiger partial charge in [-0.3, -0.25) is 10.1 Å². The first kappa shape index (κ1) is 15.8. The van der Waals surface area contributed by atoms with Crippen molar-refractivity contribution in [2.45, 2.75) is 91.4 Å². The van der Waals surface area contributed by atoms with Gasteiger partial charge in [0.25, 0.3) is 0 Å². The van der Waals surface area contributed by atoms with Crippen molar-refractivity contribution in [3.63, 3.8) is 0 Å². The van der Waals surface area contributed by atoms with Gasteiger partial charge in [0.2, 0.25) is 5.91 Å². The predicted octanol–water partition coefficient (Wildman–Crippen LogP) is 3.54. The van der Waals surface area contributed by atoms with E-state index in [0.717, 1.165) is 12.8 Å². The summed E-state index contributed by atoms with van der Waals surface area (Å²) in [7, 11) is 0. The second-order valence-corrected chi connectivity index (χ2v) is 7.83. The summed E-state index contributed by atoms with van der Waals surface area (Å²) in [6.45, 7) is 11.2. The molecule has 1 aliphatic heterocycles. The number of nitrogens with one attached hydrogen (secondary N) is 1. The number of carbonyl (C=O) groups is 1. The van der Waals surface area contributed by atoms with Crippen LogP contribution in [0.15, 0.2) is 0 Å². The van der Waals surface area contributed by atoms with Gasteiger partial charge in [-0.1, -0.05) is 41.0 Å². The fourth-order valence-electron chi connectivity index (χ4n) is 3.74. The molecule has 0 aromatic rings. The highest BCUT2D eigenvalue weighted by molar-refractivity contribution is 5.85. The molecular formula is C17H32N2O. The van der Waals surface area contributed by atoms with E-state index in [4.69, 9.17) is 0 Å². The SMILES string of the molecule is CCCC1NC(C(C)C)C(=O)N1C1CCC(C)(C)CC1. The van der Waals surface area contributed by atoms with Crippen molar-refractivity contribution >= 4 is 5.91 Å². The number of hydrogen-bond acceptors (Lipinski definition) is 2. The Labute approximate surface area is 124 Å². The van der Waals surface area contributed by atoms with Gasteiger partial charge in [-0.15, -0.1) is 0 Å². The van der Waals surface area contributed by atoms with E-state index in [9.17, 15) is 4.79 Å². The van der Waals surface area contributed by atoms with Gasteiger partial charge in [0.1, 0.15) is 0 Å². The normalized spacial score (nSPS) is 31.3. The van der Waals surface area contributed by atoms with Crippen LogP contribution >= 0.6 is 0 Å². The van der Waals surface area contributed by atoms with E-state index >= 15 is 0 Å². The lowest BCUT2D eigenvalue weighted by Crippen LogP contribution is -2.47. The first-order valence-corrected chi connectivity index (χ1v) is 8.44. The molecule has 1 N–H and O–H groups in total. The summed E-state index contributed by atoms with van der Waals surface area (Å²) in [4.78, 5) is 15.0. The van der Waals surface area contributed by atoms with Crippen LogP contribution in [0.25, 0.3) is 0 Å². The standard InChI is InChI=1S/C17H32N2O/c1-6-7-14-18-15(12(2)3)16(20)19(14)13-8-10-17(4,5)11-9-13/h12-15,18H,6-11H2,1-5H3. The second kappa shape index (κ2) is 6.05. The molecule has 20 heavy (non-hydrogen) atoms. The van der Waals surface area contributed by atoms with Crippen LogP contribution < -0.4 is 5.32 Å². The third kappa shape index (κ3) is 3.19. The molecule has 3 nitrogen and oxygen atoms in total. The minimum atomic E-state index is 0.0292. The van der Waals surface area contributed by atoms with E-state index in [2.05, 4.69) is 44.8 Å². The third-order valence-corrected chi connectivity index (χ3v) is 5.16. The van der Waals surface area contributed by atoms with E-state index < -0.39 is 0 Å². The van der Waals surface area contributed by atoms with Crippen LogP contribution in [0.4, 0.5) is 0 Å². The molecule has 1 aliphatic carbocycles. The fourth-order valence-corrected chi connectivity index (χ4v) is 3.74. The molecule has 1 saturated carbocycles. The average molecular weight is 280 g/mol. The summed E-state index contributed by atoms with van der Waals surface area (Å²) in [6, 6.07) is 0.491. The highest BCUT2D eigenvalue weighted by atomic mass is 16.2. The highest BCUT2D eigenvalue weighted by Gasteiger charge is 2.44. The average Bonchev–Trinajstić information content (AvgIpc) is 2.68. The van der Waals surface area contributed by atoms with Gasteiger partial charge in [0.15, 0.2) is 0 Å². The van der Waals surface area contributed by atoms with Crippen LogP contribution in [0.1, 0.15) is 73.1 Å². The Balaban J connectivity index is 2.09. The monoisotopic (exact) mass is 280 g/mol. The van der Waals surface area contributed by atoms with Crippen molar-refractivity contribution in [1.82, 2.24) is 10.2 Å². The molecule has 0 aromatic heterocycles. The Morgan fingerprint density at radius 3 is 2.40 bits per heavy atom. The molecule has 2 atom stereocenters. The lowest BCUT2D eigenvalue weighted by molar-refractivity contribution is -0.134. The van der Waals surface area contributed by atoms with Gasteiger partial charge < -0.3 is 4.90 Å². The van der Waals surface area contributed by atoms with E-state index in [-0.39, 0.29) is 12.2 Å². The van der Waals surface area contributed by atoms with Crippen LogP contribution in [0, 0.1) is 11.3 Å². The summed E-state index contributed by atoms with van der Waals surface area (Å²) in [5.41, 5.74) is 0.463. The van der Waals surface area contributed by atoms with Crippen molar-refractivity contribution in [2.24, 2.45) is 11.3 Å². The lowest BCUT2D eigenvalue weighted by Gasteiger charge is -2.40. The molecule has 2 fully saturated rings. The van der Waals surface area contributed by atoms with Gasteiger partial charge >= 0.3 is 0 Å². The van der Waals surface area contributed by atoms with Crippen molar-refractivity contribution < 1.29 is 4.79 Å². The largest absolute Gasteiger partial charge is 0.323 e. The van der Waals surface area contributed by atoms with E-state index in [0.29, 0.717) is 23.3 Å². The van der Waals surface area contributed by atoms with E-state index in [1.165, 1.54) is 25.7 Å². The van der Waals surface area contributed by atoms with Gasteiger partial charge in [0, 0.05) is 6.04 Å². The molecule has 0 radical (unpaired) electrons. The zero-order valence-corrected chi connectivity index (χ0v) is 13.9. The third-order valence-electron chi connectivity index (χ3n) is 5.16. The molecule has 2 unspecified atom stereocenters. The summed E-state index contributed by atoms with van der Waals surface area (Å²) >= 11 is 0. The lowest BCUT2D eigenvalue weighted by atomic mass is 9.75. The molecule has 0 bridgehead atoms. The smallest absolute Gasteiger partial charge is 0.241 e.